The number of pyridine rings is 1. The molecule has 1 aliphatic carbocycles. The van der Waals surface area contributed by atoms with Crippen LogP contribution in [0.1, 0.15) is 30.4 Å². The first-order valence-electron chi connectivity index (χ1n) is 7.85. The Morgan fingerprint density at radius 3 is 3.09 bits per heavy atom. The first kappa shape index (κ1) is 12.7. The van der Waals surface area contributed by atoms with E-state index in [1.165, 1.54) is 19.4 Å². The Kier molecular flexibility index (Phi) is 2.52. The van der Waals surface area contributed by atoms with Crippen LogP contribution in [0.3, 0.4) is 0 Å². The van der Waals surface area contributed by atoms with Gasteiger partial charge in [-0.05, 0) is 43.4 Å². The molecule has 6 heteroatoms. The molecule has 2 bridgehead atoms. The van der Waals surface area contributed by atoms with Crippen molar-refractivity contribution in [3.63, 3.8) is 0 Å². The Morgan fingerprint density at radius 1 is 1.32 bits per heavy atom. The van der Waals surface area contributed by atoms with Gasteiger partial charge >= 0.3 is 0 Å². The molecule has 114 valence electrons. The molecule has 2 aromatic heterocycles. The third kappa shape index (κ3) is 1.77. The van der Waals surface area contributed by atoms with E-state index >= 15 is 0 Å². The Bertz CT molecular complexity index is 722. The number of hydrogen-bond acceptors (Lipinski definition) is 6. The van der Waals surface area contributed by atoms with E-state index in [9.17, 15) is 0 Å². The van der Waals surface area contributed by atoms with Gasteiger partial charge in [0.1, 0.15) is 11.8 Å². The van der Waals surface area contributed by atoms with Crippen molar-refractivity contribution in [2.24, 2.45) is 5.92 Å². The number of aryl methyl sites for hydroxylation is 1. The smallest absolute Gasteiger partial charge is 0.257 e. The van der Waals surface area contributed by atoms with Gasteiger partial charge < -0.3 is 9.26 Å². The van der Waals surface area contributed by atoms with Gasteiger partial charge in [0, 0.05) is 24.8 Å². The Morgan fingerprint density at radius 2 is 2.23 bits per heavy atom. The van der Waals surface area contributed by atoms with Gasteiger partial charge in [-0.3, -0.25) is 9.88 Å². The van der Waals surface area contributed by atoms with Crippen LogP contribution >= 0.6 is 0 Å². The standard InChI is InChI=1S/C16H18N4O2/c1-10-2-3-17-12(4-10)14-18-15(22-19-14)13-8-20-7-11-5-16(20,6-11)9-21-13/h2-4,11,13H,5-9H2,1H3. The van der Waals surface area contributed by atoms with E-state index in [-0.39, 0.29) is 6.10 Å². The summed E-state index contributed by atoms with van der Waals surface area (Å²) in [6.45, 7) is 4.86. The molecular weight excluding hydrogens is 280 g/mol. The number of nitrogens with zero attached hydrogens (tertiary/aromatic N) is 4. The fraction of sp³-hybridized carbons (Fsp3) is 0.562. The number of rotatable bonds is 2. The summed E-state index contributed by atoms with van der Waals surface area (Å²) >= 11 is 0. The van der Waals surface area contributed by atoms with Gasteiger partial charge in [-0.1, -0.05) is 5.16 Å². The summed E-state index contributed by atoms with van der Waals surface area (Å²) in [6, 6.07) is 3.91. The molecule has 1 unspecified atom stereocenters. The van der Waals surface area contributed by atoms with Gasteiger partial charge in [0.25, 0.3) is 5.89 Å². The average Bonchev–Trinajstić information content (AvgIpc) is 3.18. The van der Waals surface area contributed by atoms with Crippen LogP contribution in [0.25, 0.3) is 11.5 Å². The number of aromatic nitrogens is 3. The summed E-state index contributed by atoms with van der Waals surface area (Å²) in [7, 11) is 0. The molecule has 4 fully saturated rings. The van der Waals surface area contributed by atoms with E-state index in [0.717, 1.165) is 30.3 Å². The first-order chi connectivity index (χ1) is 10.7. The van der Waals surface area contributed by atoms with E-state index in [4.69, 9.17) is 9.26 Å². The second-order valence-electron chi connectivity index (χ2n) is 6.88. The van der Waals surface area contributed by atoms with Crippen molar-refractivity contribution >= 4 is 0 Å². The average molecular weight is 298 g/mol. The molecule has 1 saturated carbocycles. The molecule has 0 N–H and O–H groups in total. The molecule has 3 aliphatic heterocycles. The van der Waals surface area contributed by atoms with Gasteiger partial charge in [-0.15, -0.1) is 0 Å². The molecule has 5 heterocycles. The fourth-order valence-electron chi connectivity index (χ4n) is 4.17. The molecule has 1 spiro atoms. The highest BCUT2D eigenvalue weighted by Gasteiger charge is 2.58. The molecular formula is C16H18N4O2. The minimum Gasteiger partial charge on any atom is -0.365 e. The predicted molar refractivity (Wildman–Crippen MR) is 78.0 cm³/mol. The topological polar surface area (TPSA) is 64.3 Å². The second-order valence-corrected chi connectivity index (χ2v) is 6.88. The summed E-state index contributed by atoms with van der Waals surface area (Å²) < 4.78 is 11.5. The maximum Gasteiger partial charge on any atom is 0.257 e. The summed E-state index contributed by atoms with van der Waals surface area (Å²) in [6.07, 6.45) is 4.24. The number of ether oxygens (including phenoxy) is 1. The maximum absolute atomic E-state index is 6.03. The minimum atomic E-state index is -0.115. The van der Waals surface area contributed by atoms with E-state index in [2.05, 4.69) is 20.0 Å². The van der Waals surface area contributed by atoms with Crippen molar-refractivity contribution in [2.75, 3.05) is 19.7 Å². The third-order valence-corrected chi connectivity index (χ3v) is 5.29. The van der Waals surface area contributed by atoms with E-state index < -0.39 is 0 Å². The molecule has 6 nitrogen and oxygen atoms in total. The Balaban J connectivity index is 1.38. The zero-order valence-corrected chi connectivity index (χ0v) is 12.5. The molecule has 1 atom stereocenters. The van der Waals surface area contributed by atoms with Gasteiger partial charge in [0.15, 0.2) is 0 Å². The molecule has 0 aromatic carbocycles. The number of morpholine rings is 1. The largest absolute Gasteiger partial charge is 0.365 e. The quantitative estimate of drug-likeness (QED) is 0.844. The molecule has 0 amide bonds. The summed E-state index contributed by atoms with van der Waals surface area (Å²) in [4.78, 5) is 11.4. The first-order valence-corrected chi connectivity index (χ1v) is 7.85. The normalized spacial score (nSPS) is 33.5. The van der Waals surface area contributed by atoms with Gasteiger partial charge in [-0.25, -0.2) is 0 Å². The fourth-order valence-corrected chi connectivity index (χ4v) is 4.17. The SMILES string of the molecule is Cc1ccnc(-c2noc(C3CN4CC5CC4(CO3)C5)n2)c1. The lowest BCUT2D eigenvalue weighted by molar-refractivity contribution is -0.114. The maximum atomic E-state index is 6.03. The highest BCUT2D eigenvalue weighted by Crippen LogP contribution is 2.53. The van der Waals surface area contributed by atoms with Crippen LogP contribution in [0.15, 0.2) is 22.9 Å². The van der Waals surface area contributed by atoms with Gasteiger partial charge in [0.05, 0.1) is 6.61 Å². The molecule has 22 heavy (non-hydrogen) atoms. The van der Waals surface area contributed by atoms with Gasteiger partial charge in [0.2, 0.25) is 5.82 Å². The zero-order chi connectivity index (χ0) is 14.7. The lowest BCUT2D eigenvalue weighted by Crippen LogP contribution is -2.54. The van der Waals surface area contributed by atoms with Crippen LogP contribution in [0.4, 0.5) is 0 Å². The van der Waals surface area contributed by atoms with E-state index in [1.54, 1.807) is 6.20 Å². The lowest BCUT2D eigenvalue weighted by atomic mass is 9.73. The molecule has 4 aliphatic rings. The van der Waals surface area contributed by atoms with Gasteiger partial charge in [-0.2, -0.15) is 4.98 Å². The van der Waals surface area contributed by atoms with E-state index in [1.807, 2.05) is 19.1 Å². The monoisotopic (exact) mass is 298 g/mol. The van der Waals surface area contributed by atoms with Crippen molar-refractivity contribution in [3.05, 3.63) is 29.8 Å². The summed E-state index contributed by atoms with van der Waals surface area (Å²) in [5, 5.41) is 4.07. The van der Waals surface area contributed by atoms with Crippen LogP contribution in [0.2, 0.25) is 0 Å². The van der Waals surface area contributed by atoms with Crippen molar-refractivity contribution in [1.82, 2.24) is 20.0 Å². The lowest BCUT2D eigenvalue weighted by Gasteiger charge is -2.46. The van der Waals surface area contributed by atoms with Crippen LogP contribution in [0.5, 0.6) is 0 Å². The van der Waals surface area contributed by atoms with Crippen LogP contribution in [-0.4, -0.2) is 45.3 Å². The zero-order valence-electron chi connectivity index (χ0n) is 12.5. The van der Waals surface area contributed by atoms with Crippen LogP contribution < -0.4 is 0 Å². The third-order valence-electron chi connectivity index (χ3n) is 5.29. The molecule has 3 saturated heterocycles. The minimum absolute atomic E-state index is 0.115. The highest BCUT2D eigenvalue weighted by molar-refractivity contribution is 5.49. The summed E-state index contributed by atoms with van der Waals surface area (Å²) in [5.41, 5.74) is 2.19. The Hall–Kier alpha value is -1.79. The molecule has 2 aromatic rings. The van der Waals surface area contributed by atoms with Crippen molar-refractivity contribution < 1.29 is 9.26 Å². The number of hydrogen-bond donors (Lipinski definition) is 0. The second kappa shape index (κ2) is 4.36. The highest BCUT2D eigenvalue weighted by atomic mass is 16.5. The van der Waals surface area contributed by atoms with Crippen molar-refractivity contribution in [1.29, 1.82) is 0 Å². The summed E-state index contributed by atoms with van der Waals surface area (Å²) in [5.74, 6) is 1.97. The van der Waals surface area contributed by atoms with Crippen molar-refractivity contribution in [3.8, 4) is 11.5 Å². The van der Waals surface area contributed by atoms with Crippen LogP contribution in [-0.2, 0) is 4.74 Å². The van der Waals surface area contributed by atoms with E-state index in [0.29, 0.717) is 17.3 Å². The molecule has 0 radical (unpaired) electrons. The Labute approximate surface area is 128 Å². The predicted octanol–water partition coefficient (Wildman–Crippen LogP) is 1.98. The molecule has 6 rings (SSSR count). The van der Waals surface area contributed by atoms with Crippen molar-refractivity contribution in [2.45, 2.75) is 31.4 Å². The van der Waals surface area contributed by atoms with Crippen LogP contribution in [0, 0.1) is 12.8 Å².